The van der Waals surface area contributed by atoms with Crippen LogP contribution < -0.4 is 4.74 Å². The number of ether oxygens (including phenoxy) is 2. The van der Waals surface area contributed by atoms with Gasteiger partial charge in [0.25, 0.3) is 0 Å². The first kappa shape index (κ1) is 10.4. The topological polar surface area (TPSA) is 48.4 Å². The molecule has 14 heavy (non-hydrogen) atoms. The molecule has 0 radical (unpaired) electrons. The molecule has 0 fully saturated rings. The minimum Gasteiger partial charge on any atom is -0.481 e. The lowest BCUT2D eigenvalue weighted by molar-refractivity contribution is -0.139. The highest BCUT2D eigenvalue weighted by atomic mass is 19.1. The Kier molecular flexibility index (Phi) is 3.39. The fraction of sp³-hybridized carbons (Fsp3) is 0.333. The SMILES string of the molecule is COC(=O)Cc1ccc(F)nc1OC. The Hall–Kier alpha value is -1.65. The van der Waals surface area contributed by atoms with Gasteiger partial charge in [0.2, 0.25) is 11.8 Å². The average molecular weight is 199 g/mol. The van der Waals surface area contributed by atoms with Crippen molar-refractivity contribution in [3.05, 3.63) is 23.6 Å². The highest BCUT2D eigenvalue weighted by Crippen LogP contribution is 2.16. The molecule has 1 aromatic heterocycles. The molecular weight excluding hydrogens is 189 g/mol. The van der Waals surface area contributed by atoms with Gasteiger partial charge in [-0.2, -0.15) is 9.37 Å². The van der Waals surface area contributed by atoms with Gasteiger partial charge < -0.3 is 9.47 Å². The van der Waals surface area contributed by atoms with E-state index >= 15 is 0 Å². The minimum absolute atomic E-state index is 0.0208. The smallest absolute Gasteiger partial charge is 0.310 e. The quantitative estimate of drug-likeness (QED) is 0.537. The Morgan fingerprint density at radius 3 is 2.79 bits per heavy atom. The lowest BCUT2D eigenvalue weighted by Gasteiger charge is -2.05. The maximum atomic E-state index is 12.6. The summed E-state index contributed by atoms with van der Waals surface area (Å²) in [6.07, 6.45) is 0.0208. The van der Waals surface area contributed by atoms with Gasteiger partial charge in [-0.3, -0.25) is 4.79 Å². The maximum Gasteiger partial charge on any atom is 0.310 e. The Morgan fingerprint density at radius 1 is 1.50 bits per heavy atom. The normalized spacial score (nSPS) is 9.64. The van der Waals surface area contributed by atoms with Crippen molar-refractivity contribution in [2.24, 2.45) is 0 Å². The second kappa shape index (κ2) is 4.55. The number of pyridine rings is 1. The molecule has 0 aliphatic rings. The number of carbonyl (C=O) groups is 1. The van der Waals surface area contributed by atoms with Crippen LogP contribution in [0.25, 0.3) is 0 Å². The summed E-state index contributed by atoms with van der Waals surface area (Å²) in [5.74, 6) is -0.956. The zero-order chi connectivity index (χ0) is 10.6. The molecule has 0 N–H and O–H groups in total. The number of hydrogen-bond acceptors (Lipinski definition) is 4. The highest BCUT2D eigenvalue weighted by Gasteiger charge is 2.10. The van der Waals surface area contributed by atoms with Crippen molar-refractivity contribution in [1.29, 1.82) is 0 Å². The Bertz CT molecular complexity index is 341. The zero-order valence-electron chi connectivity index (χ0n) is 7.91. The molecule has 0 spiro atoms. The van der Waals surface area contributed by atoms with E-state index in [9.17, 15) is 9.18 Å². The van der Waals surface area contributed by atoms with E-state index in [0.717, 1.165) is 0 Å². The predicted octanol–water partition coefficient (Wildman–Crippen LogP) is 0.945. The summed E-state index contributed by atoms with van der Waals surface area (Å²) in [5.41, 5.74) is 0.501. The Balaban J connectivity index is 2.90. The van der Waals surface area contributed by atoms with Crippen molar-refractivity contribution in [2.75, 3.05) is 14.2 Å². The first-order valence-electron chi connectivity index (χ1n) is 3.93. The van der Waals surface area contributed by atoms with Gasteiger partial charge in [0, 0.05) is 5.56 Å². The zero-order valence-corrected chi connectivity index (χ0v) is 7.91. The van der Waals surface area contributed by atoms with Gasteiger partial charge in [-0.15, -0.1) is 0 Å². The molecule has 0 amide bonds. The van der Waals surface area contributed by atoms with Crippen LogP contribution in [0.4, 0.5) is 4.39 Å². The van der Waals surface area contributed by atoms with Crippen molar-refractivity contribution in [3.8, 4) is 5.88 Å². The van der Waals surface area contributed by atoms with Crippen LogP contribution in [0.2, 0.25) is 0 Å². The van der Waals surface area contributed by atoms with Crippen LogP contribution in [0.5, 0.6) is 5.88 Å². The van der Waals surface area contributed by atoms with E-state index in [1.807, 2.05) is 0 Å². The Labute approximate surface area is 80.7 Å². The van der Waals surface area contributed by atoms with Crippen molar-refractivity contribution < 1.29 is 18.7 Å². The number of methoxy groups -OCH3 is 2. The number of halogens is 1. The molecule has 0 saturated heterocycles. The predicted molar refractivity (Wildman–Crippen MR) is 46.5 cm³/mol. The van der Waals surface area contributed by atoms with Gasteiger partial charge in [-0.05, 0) is 12.1 Å². The molecule has 1 heterocycles. The largest absolute Gasteiger partial charge is 0.481 e. The third kappa shape index (κ3) is 2.42. The average Bonchev–Trinajstić information content (AvgIpc) is 2.20. The van der Waals surface area contributed by atoms with E-state index in [1.165, 1.54) is 26.4 Å². The van der Waals surface area contributed by atoms with E-state index in [0.29, 0.717) is 5.56 Å². The second-order valence-electron chi connectivity index (χ2n) is 2.56. The van der Waals surface area contributed by atoms with Crippen LogP contribution in [0.15, 0.2) is 12.1 Å². The van der Waals surface area contributed by atoms with Gasteiger partial charge in [-0.25, -0.2) is 0 Å². The van der Waals surface area contributed by atoms with Crippen LogP contribution in [-0.2, 0) is 16.0 Å². The van der Waals surface area contributed by atoms with E-state index in [-0.39, 0.29) is 12.3 Å². The molecule has 0 bridgehead atoms. The molecular formula is C9H10FNO3. The first-order chi connectivity index (χ1) is 6.67. The molecule has 1 aromatic rings. The van der Waals surface area contributed by atoms with Crippen LogP contribution in [0.3, 0.4) is 0 Å². The summed E-state index contributed by atoms with van der Waals surface area (Å²) in [4.78, 5) is 14.4. The maximum absolute atomic E-state index is 12.6. The summed E-state index contributed by atoms with van der Waals surface area (Å²) in [5, 5.41) is 0. The van der Waals surface area contributed by atoms with E-state index in [4.69, 9.17) is 4.74 Å². The number of carbonyl (C=O) groups excluding carboxylic acids is 1. The van der Waals surface area contributed by atoms with E-state index < -0.39 is 11.9 Å². The highest BCUT2D eigenvalue weighted by molar-refractivity contribution is 5.73. The molecule has 0 atom stereocenters. The molecule has 0 aliphatic heterocycles. The molecule has 5 heteroatoms. The molecule has 0 aromatic carbocycles. The van der Waals surface area contributed by atoms with Crippen molar-refractivity contribution >= 4 is 5.97 Å². The number of esters is 1. The molecule has 1 rings (SSSR count). The molecule has 0 saturated carbocycles. The van der Waals surface area contributed by atoms with Gasteiger partial charge in [0.1, 0.15) is 0 Å². The van der Waals surface area contributed by atoms with Gasteiger partial charge in [0.05, 0.1) is 20.6 Å². The first-order valence-corrected chi connectivity index (χ1v) is 3.93. The number of aromatic nitrogens is 1. The van der Waals surface area contributed by atoms with Crippen LogP contribution in [0, 0.1) is 5.95 Å². The molecule has 76 valence electrons. The third-order valence-electron chi connectivity index (χ3n) is 1.66. The van der Waals surface area contributed by atoms with Crippen molar-refractivity contribution in [3.63, 3.8) is 0 Å². The van der Waals surface area contributed by atoms with Crippen LogP contribution >= 0.6 is 0 Å². The monoisotopic (exact) mass is 199 g/mol. The summed E-state index contributed by atoms with van der Waals surface area (Å²) >= 11 is 0. The van der Waals surface area contributed by atoms with Crippen LogP contribution in [-0.4, -0.2) is 25.2 Å². The number of hydrogen-bond donors (Lipinski definition) is 0. The summed E-state index contributed by atoms with van der Waals surface area (Å²) in [6, 6.07) is 2.61. The molecule has 0 unspecified atom stereocenters. The molecule has 0 aliphatic carbocycles. The third-order valence-corrected chi connectivity index (χ3v) is 1.66. The number of rotatable bonds is 3. The fourth-order valence-electron chi connectivity index (χ4n) is 0.986. The summed E-state index contributed by atoms with van der Waals surface area (Å²) < 4.78 is 21.9. The standard InChI is InChI=1S/C9H10FNO3/c1-13-8(12)5-6-3-4-7(10)11-9(6)14-2/h3-4H,5H2,1-2H3. The molecule has 4 nitrogen and oxygen atoms in total. The van der Waals surface area contributed by atoms with E-state index in [2.05, 4.69) is 9.72 Å². The number of nitrogens with zero attached hydrogens (tertiary/aromatic N) is 1. The van der Waals surface area contributed by atoms with Crippen molar-refractivity contribution in [2.45, 2.75) is 6.42 Å². The summed E-state index contributed by atoms with van der Waals surface area (Å²) in [7, 11) is 2.65. The minimum atomic E-state index is -0.643. The van der Waals surface area contributed by atoms with Crippen LogP contribution in [0.1, 0.15) is 5.56 Å². The summed E-state index contributed by atoms with van der Waals surface area (Å²) in [6.45, 7) is 0. The van der Waals surface area contributed by atoms with E-state index in [1.54, 1.807) is 0 Å². The van der Waals surface area contributed by atoms with Gasteiger partial charge in [-0.1, -0.05) is 0 Å². The Morgan fingerprint density at radius 2 is 2.21 bits per heavy atom. The fourth-order valence-corrected chi connectivity index (χ4v) is 0.986. The second-order valence-corrected chi connectivity index (χ2v) is 2.56. The van der Waals surface area contributed by atoms with Gasteiger partial charge in [0.15, 0.2) is 0 Å². The lowest BCUT2D eigenvalue weighted by Crippen LogP contribution is -2.07. The van der Waals surface area contributed by atoms with Crippen molar-refractivity contribution in [1.82, 2.24) is 4.98 Å². The lowest BCUT2D eigenvalue weighted by atomic mass is 10.2. The van der Waals surface area contributed by atoms with Gasteiger partial charge >= 0.3 is 5.97 Å².